The van der Waals surface area contributed by atoms with Crippen molar-refractivity contribution in [2.24, 2.45) is 4.99 Å². The Bertz CT molecular complexity index is 932. The fourth-order valence-electron chi connectivity index (χ4n) is 3.19. The Balaban J connectivity index is 1.77. The number of furan rings is 1. The van der Waals surface area contributed by atoms with Crippen LogP contribution in [-0.2, 0) is 0 Å². The zero-order valence-corrected chi connectivity index (χ0v) is 14.7. The molecule has 5 heteroatoms. The van der Waals surface area contributed by atoms with Gasteiger partial charge in [-0.15, -0.1) is 0 Å². The van der Waals surface area contributed by atoms with Gasteiger partial charge >= 0.3 is 0 Å². The summed E-state index contributed by atoms with van der Waals surface area (Å²) in [6, 6.07) is 17.9. The fourth-order valence-corrected chi connectivity index (χ4v) is 3.19. The summed E-state index contributed by atoms with van der Waals surface area (Å²) in [5.41, 5.74) is 3.90. The molecule has 3 aromatic rings. The van der Waals surface area contributed by atoms with Crippen molar-refractivity contribution in [3.8, 4) is 11.5 Å². The van der Waals surface area contributed by atoms with E-state index in [0.29, 0.717) is 17.9 Å². The van der Waals surface area contributed by atoms with E-state index in [-0.39, 0.29) is 6.04 Å². The highest BCUT2D eigenvalue weighted by atomic mass is 16.5. The van der Waals surface area contributed by atoms with E-state index < -0.39 is 0 Å². The van der Waals surface area contributed by atoms with Gasteiger partial charge in [0.15, 0.2) is 11.5 Å². The lowest BCUT2D eigenvalue weighted by atomic mass is 9.99. The first kappa shape index (κ1) is 16.3. The zero-order chi connectivity index (χ0) is 17.9. The second-order valence-electron chi connectivity index (χ2n) is 6.07. The largest absolute Gasteiger partial charge is 0.493 e. The molecule has 0 saturated carbocycles. The van der Waals surface area contributed by atoms with Gasteiger partial charge < -0.3 is 19.2 Å². The van der Waals surface area contributed by atoms with E-state index in [1.807, 2.05) is 54.6 Å². The van der Waals surface area contributed by atoms with Gasteiger partial charge in [0.2, 0.25) is 0 Å². The third-order valence-electron chi connectivity index (χ3n) is 4.50. The number of nitrogens with zero attached hydrogens (tertiary/aromatic N) is 1. The highest BCUT2D eigenvalue weighted by Crippen LogP contribution is 2.37. The van der Waals surface area contributed by atoms with Gasteiger partial charge in [-0.1, -0.05) is 18.2 Å². The van der Waals surface area contributed by atoms with Gasteiger partial charge in [0.1, 0.15) is 5.76 Å². The third kappa shape index (κ3) is 3.04. The Labute approximate surface area is 152 Å². The molecule has 1 unspecified atom stereocenters. The molecule has 0 aliphatic carbocycles. The number of aliphatic imine (C=N–C) groups is 1. The standard InChI is InChI=1S/C21H20N2O3/c1-24-20-10-9-14(12-21(20)25-2)17-13-18(19-8-5-11-26-19)23-16-7-4-3-6-15(16)22-17/h3-12,17,22H,13H2,1-2H3. The molecule has 1 aliphatic rings. The van der Waals surface area contributed by atoms with Gasteiger partial charge in [-0.3, -0.25) is 0 Å². The Kier molecular flexibility index (Phi) is 4.35. The molecular weight excluding hydrogens is 328 g/mol. The predicted octanol–water partition coefficient (Wildman–Crippen LogP) is 4.97. The molecule has 132 valence electrons. The van der Waals surface area contributed by atoms with Gasteiger partial charge in [0.05, 0.1) is 43.6 Å². The number of para-hydroxylation sites is 2. The summed E-state index contributed by atoms with van der Waals surface area (Å²) < 4.78 is 16.4. The molecule has 0 amide bonds. The SMILES string of the molecule is COc1ccc(C2CC(c3ccco3)=Nc3ccccc3N2)cc1OC. The van der Waals surface area contributed by atoms with E-state index in [9.17, 15) is 0 Å². The van der Waals surface area contributed by atoms with Crippen molar-refractivity contribution < 1.29 is 13.9 Å². The van der Waals surface area contributed by atoms with Gasteiger partial charge in [0, 0.05) is 6.42 Å². The van der Waals surface area contributed by atoms with Gasteiger partial charge in [-0.05, 0) is 42.0 Å². The van der Waals surface area contributed by atoms with Crippen molar-refractivity contribution in [1.82, 2.24) is 0 Å². The van der Waals surface area contributed by atoms with Gasteiger partial charge in [-0.2, -0.15) is 0 Å². The number of anilines is 1. The molecular formula is C21H20N2O3. The normalized spacial score (nSPS) is 16.1. The monoisotopic (exact) mass is 348 g/mol. The van der Waals surface area contributed by atoms with Crippen LogP contribution in [0.5, 0.6) is 11.5 Å². The second kappa shape index (κ2) is 6.96. The van der Waals surface area contributed by atoms with E-state index in [1.54, 1.807) is 20.5 Å². The first-order valence-corrected chi connectivity index (χ1v) is 8.47. The Morgan fingerprint density at radius 2 is 1.85 bits per heavy atom. The topological polar surface area (TPSA) is 56.0 Å². The molecule has 1 aromatic heterocycles. The van der Waals surface area contributed by atoms with Crippen molar-refractivity contribution in [2.45, 2.75) is 12.5 Å². The lowest BCUT2D eigenvalue weighted by Gasteiger charge is -2.20. The number of hydrogen-bond donors (Lipinski definition) is 1. The molecule has 26 heavy (non-hydrogen) atoms. The molecule has 1 N–H and O–H groups in total. The molecule has 4 rings (SSSR count). The van der Waals surface area contributed by atoms with Gasteiger partial charge in [0.25, 0.3) is 0 Å². The quantitative estimate of drug-likeness (QED) is 0.723. The fraction of sp³-hybridized carbons (Fsp3) is 0.190. The summed E-state index contributed by atoms with van der Waals surface area (Å²) in [4.78, 5) is 4.84. The number of methoxy groups -OCH3 is 2. The van der Waals surface area contributed by atoms with E-state index in [4.69, 9.17) is 18.9 Å². The number of nitrogens with one attached hydrogen (secondary N) is 1. The van der Waals surface area contributed by atoms with Crippen molar-refractivity contribution in [1.29, 1.82) is 0 Å². The minimum atomic E-state index is 0.0299. The molecule has 0 bridgehead atoms. The summed E-state index contributed by atoms with van der Waals surface area (Å²) in [6.45, 7) is 0. The molecule has 0 radical (unpaired) electrons. The van der Waals surface area contributed by atoms with Crippen molar-refractivity contribution in [2.75, 3.05) is 19.5 Å². The van der Waals surface area contributed by atoms with E-state index >= 15 is 0 Å². The van der Waals surface area contributed by atoms with Crippen LogP contribution in [0.3, 0.4) is 0 Å². The average molecular weight is 348 g/mol. The second-order valence-corrected chi connectivity index (χ2v) is 6.07. The van der Waals surface area contributed by atoms with Crippen LogP contribution in [0.4, 0.5) is 11.4 Å². The summed E-state index contributed by atoms with van der Waals surface area (Å²) in [6.07, 6.45) is 2.37. The number of ether oxygens (including phenoxy) is 2. The Morgan fingerprint density at radius 3 is 2.62 bits per heavy atom. The number of rotatable bonds is 4. The van der Waals surface area contributed by atoms with Crippen LogP contribution in [0.15, 0.2) is 70.3 Å². The zero-order valence-electron chi connectivity index (χ0n) is 14.7. The number of hydrogen-bond acceptors (Lipinski definition) is 5. The molecule has 0 fully saturated rings. The summed E-state index contributed by atoms with van der Waals surface area (Å²) in [5, 5.41) is 3.60. The summed E-state index contributed by atoms with van der Waals surface area (Å²) in [7, 11) is 3.28. The number of fused-ring (bicyclic) bond motifs is 1. The highest BCUT2D eigenvalue weighted by Gasteiger charge is 2.23. The molecule has 2 aromatic carbocycles. The summed E-state index contributed by atoms with van der Waals surface area (Å²) in [5.74, 6) is 2.21. The van der Waals surface area contributed by atoms with E-state index in [0.717, 1.165) is 28.4 Å². The molecule has 5 nitrogen and oxygen atoms in total. The van der Waals surface area contributed by atoms with Crippen molar-refractivity contribution >= 4 is 17.1 Å². The first-order chi connectivity index (χ1) is 12.8. The third-order valence-corrected chi connectivity index (χ3v) is 4.50. The molecule has 2 heterocycles. The Morgan fingerprint density at radius 1 is 1.00 bits per heavy atom. The Hall–Kier alpha value is -3.21. The van der Waals surface area contributed by atoms with Crippen LogP contribution in [0.2, 0.25) is 0 Å². The lowest BCUT2D eigenvalue weighted by Crippen LogP contribution is -2.14. The van der Waals surface area contributed by atoms with E-state index in [2.05, 4.69) is 5.32 Å². The molecule has 0 spiro atoms. The highest BCUT2D eigenvalue weighted by molar-refractivity contribution is 6.02. The summed E-state index contributed by atoms with van der Waals surface area (Å²) >= 11 is 0. The van der Waals surface area contributed by atoms with Crippen LogP contribution in [0.25, 0.3) is 0 Å². The average Bonchev–Trinajstić information content (AvgIpc) is 3.15. The molecule has 1 aliphatic heterocycles. The maximum atomic E-state index is 5.61. The number of benzene rings is 2. The smallest absolute Gasteiger partial charge is 0.161 e. The maximum absolute atomic E-state index is 5.61. The predicted molar refractivity (Wildman–Crippen MR) is 102 cm³/mol. The van der Waals surface area contributed by atoms with Crippen LogP contribution >= 0.6 is 0 Å². The first-order valence-electron chi connectivity index (χ1n) is 8.47. The minimum Gasteiger partial charge on any atom is -0.493 e. The molecule has 0 saturated heterocycles. The van der Waals surface area contributed by atoms with Crippen LogP contribution in [-0.4, -0.2) is 19.9 Å². The maximum Gasteiger partial charge on any atom is 0.161 e. The van der Waals surface area contributed by atoms with Crippen molar-refractivity contribution in [3.63, 3.8) is 0 Å². The minimum absolute atomic E-state index is 0.0299. The van der Waals surface area contributed by atoms with Crippen molar-refractivity contribution in [3.05, 3.63) is 72.2 Å². The van der Waals surface area contributed by atoms with Crippen LogP contribution in [0.1, 0.15) is 23.8 Å². The molecule has 1 atom stereocenters. The van der Waals surface area contributed by atoms with Gasteiger partial charge in [-0.25, -0.2) is 4.99 Å². The van der Waals surface area contributed by atoms with Crippen LogP contribution < -0.4 is 14.8 Å². The van der Waals surface area contributed by atoms with E-state index in [1.165, 1.54) is 0 Å². The van der Waals surface area contributed by atoms with Crippen LogP contribution in [0, 0.1) is 0 Å². The lowest BCUT2D eigenvalue weighted by molar-refractivity contribution is 0.354.